The van der Waals surface area contributed by atoms with E-state index in [1.807, 2.05) is 0 Å². The highest BCUT2D eigenvalue weighted by Gasteiger charge is 2.11. The number of carboxylic acid groups (broad SMARTS) is 1. The number of H-pyrrole nitrogens is 1. The zero-order valence-corrected chi connectivity index (χ0v) is 12.2. The first-order valence-electron chi connectivity index (χ1n) is 6.13. The number of benzene rings is 1. The van der Waals surface area contributed by atoms with E-state index in [9.17, 15) is 14.4 Å². The number of aromatic carboxylic acids is 1. The second-order valence-electron chi connectivity index (χ2n) is 4.69. The highest BCUT2D eigenvalue weighted by molar-refractivity contribution is 6.31. The van der Waals surface area contributed by atoms with Crippen LogP contribution in [0.4, 0.5) is 0 Å². The number of hydrogen-bond donors (Lipinski definition) is 2. The molecule has 2 N–H and O–H groups in total. The van der Waals surface area contributed by atoms with Crippen LogP contribution < -0.4 is 11.1 Å². The van der Waals surface area contributed by atoms with E-state index in [0.29, 0.717) is 16.7 Å². The Morgan fingerprint density at radius 2 is 1.95 bits per heavy atom. The predicted molar refractivity (Wildman–Crippen MR) is 78.3 cm³/mol. The molecule has 6 nitrogen and oxygen atoms in total. The molecule has 2 rings (SSSR count). The predicted octanol–water partition coefficient (Wildman–Crippen LogP) is 1.55. The average Bonchev–Trinajstić information content (AvgIpc) is 2.44. The Balaban J connectivity index is 2.46. The van der Waals surface area contributed by atoms with Gasteiger partial charge in [0.25, 0.3) is 11.1 Å². The largest absolute Gasteiger partial charge is 0.478 e. The van der Waals surface area contributed by atoms with Gasteiger partial charge < -0.3 is 5.11 Å². The van der Waals surface area contributed by atoms with E-state index in [1.54, 1.807) is 13.8 Å². The number of hydrogen-bond acceptors (Lipinski definition) is 3. The van der Waals surface area contributed by atoms with Gasteiger partial charge in [-0.05, 0) is 31.5 Å². The maximum Gasteiger partial charge on any atom is 0.335 e. The van der Waals surface area contributed by atoms with Crippen LogP contribution in [-0.2, 0) is 6.54 Å². The third-order valence-electron chi connectivity index (χ3n) is 3.33. The summed E-state index contributed by atoms with van der Waals surface area (Å²) in [5.74, 6) is -1.08. The fraction of sp³-hybridized carbons (Fsp3) is 0.214. The number of aromatic amines is 1. The minimum atomic E-state index is -1.08. The summed E-state index contributed by atoms with van der Waals surface area (Å²) in [7, 11) is 0. The van der Waals surface area contributed by atoms with Crippen LogP contribution in [-0.4, -0.2) is 20.9 Å². The van der Waals surface area contributed by atoms with Gasteiger partial charge in [-0.1, -0.05) is 17.7 Å². The first kappa shape index (κ1) is 15.1. The van der Waals surface area contributed by atoms with Crippen molar-refractivity contribution >= 4 is 17.6 Å². The summed E-state index contributed by atoms with van der Waals surface area (Å²) in [5, 5.41) is 11.6. The van der Waals surface area contributed by atoms with Gasteiger partial charge in [-0.3, -0.25) is 14.7 Å². The summed E-state index contributed by atoms with van der Waals surface area (Å²) < 4.78 is 1.16. The van der Waals surface area contributed by atoms with Gasteiger partial charge in [0.2, 0.25) is 0 Å². The molecule has 0 aliphatic carbocycles. The van der Waals surface area contributed by atoms with Crippen molar-refractivity contribution in [2.24, 2.45) is 0 Å². The molecule has 0 aliphatic rings. The molecule has 0 radical (unpaired) electrons. The Morgan fingerprint density at radius 3 is 2.52 bits per heavy atom. The number of aromatic nitrogens is 2. The second-order valence-corrected chi connectivity index (χ2v) is 5.10. The second kappa shape index (κ2) is 5.57. The van der Waals surface area contributed by atoms with E-state index >= 15 is 0 Å². The highest BCUT2D eigenvalue weighted by atomic mass is 35.5. The Morgan fingerprint density at radius 1 is 1.29 bits per heavy atom. The molecule has 21 heavy (non-hydrogen) atoms. The van der Waals surface area contributed by atoms with Crippen molar-refractivity contribution in [2.75, 3.05) is 0 Å². The lowest BCUT2D eigenvalue weighted by Gasteiger charge is -2.10. The molecule has 0 aliphatic heterocycles. The lowest BCUT2D eigenvalue weighted by molar-refractivity contribution is 0.0697. The topological polar surface area (TPSA) is 92.2 Å². The molecule has 0 spiro atoms. The van der Waals surface area contributed by atoms with Crippen LogP contribution in [0.5, 0.6) is 0 Å². The minimum absolute atomic E-state index is 0.0599. The van der Waals surface area contributed by atoms with Gasteiger partial charge >= 0.3 is 5.97 Å². The van der Waals surface area contributed by atoms with Gasteiger partial charge in [-0.25, -0.2) is 9.48 Å². The third kappa shape index (κ3) is 2.90. The van der Waals surface area contributed by atoms with Crippen LogP contribution >= 0.6 is 11.6 Å². The molecule has 0 saturated heterocycles. The van der Waals surface area contributed by atoms with Crippen LogP contribution in [0.25, 0.3) is 0 Å². The first-order chi connectivity index (χ1) is 9.81. The zero-order chi connectivity index (χ0) is 15.7. The zero-order valence-electron chi connectivity index (χ0n) is 11.4. The Labute approximate surface area is 124 Å². The lowest BCUT2D eigenvalue weighted by atomic mass is 10.1. The maximum absolute atomic E-state index is 12.1. The Kier molecular flexibility index (Phi) is 3.99. The SMILES string of the molecule is Cc1c(C)c(=O)n(Cc2ccc(C(=O)O)cc2Cl)[nH]c1=O. The fourth-order valence-corrected chi connectivity index (χ4v) is 2.12. The molecule has 0 atom stereocenters. The van der Waals surface area contributed by atoms with Crippen molar-refractivity contribution in [3.05, 3.63) is 66.2 Å². The van der Waals surface area contributed by atoms with E-state index < -0.39 is 5.97 Å². The standard InChI is InChI=1S/C14H13ClN2O4/c1-7-8(2)13(19)17(16-12(7)18)6-10-4-3-9(14(20)21)5-11(10)15/h3-5H,6H2,1-2H3,(H,16,18)(H,20,21). The van der Waals surface area contributed by atoms with E-state index in [0.717, 1.165) is 4.68 Å². The number of carbonyl (C=O) groups is 1. The summed E-state index contributed by atoms with van der Waals surface area (Å²) in [6, 6.07) is 4.23. The first-order valence-corrected chi connectivity index (χ1v) is 6.51. The Hall–Kier alpha value is -2.34. The van der Waals surface area contributed by atoms with Crippen molar-refractivity contribution in [1.82, 2.24) is 9.78 Å². The van der Waals surface area contributed by atoms with E-state index in [2.05, 4.69) is 5.10 Å². The summed E-state index contributed by atoms with van der Waals surface area (Å²) in [5.41, 5.74) is 0.698. The van der Waals surface area contributed by atoms with E-state index in [4.69, 9.17) is 16.7 Å². The quantitative estimate of drug-likeness (QED) is 0.900. The fourth-order valence-electron chi connectivity index (χ4n) is 1.88. The van der Waals surface area contributed by atoms with E-state index in [1.165, 1.54) is 18.2 Å². The maximum atomic E-state index is 12.1. The van der Waals surface area contributed by atoms with E-state index in [-0.39, 0.29) is 28.2 Å². The van der Waals surface area contributed by atoms with Crippen molar-refractivity contribution in [3.63, 3.8) is 0 Å². The minimum Gasteiger partial charge on any atom is -0.478 e. The van der Waals surface area contributed by atoms with Gasteiger partial charge in [0.1, 0.15) is 0 Å². The van der Waals surface area contributed by atoms with Crippen LogP contribution in [0, 0.1) is 13.8 Å². The molecular weight excluding hydrogens is 296 g/mol. The molecule has 0 fully saturated rings. The molecule has 110 valence electrons. The molecule has 0 saturated carbocycles. The van der Waals surface area contributed by atoms with Gasteiger partial charge in [-0.15, -0.1) is 0 Å². The summed E-state index contributed by atoms with van der Waals surface area (Å²) >= 11 is 6.02. The van der Waals surface area contributed by atoms with Gasteiger partial charge in [-0.2, -0.15) is 0 Å². The van der Waals surface area contributed by atoms with Gasteiger partial charge in [0, 0.05) is 16.1 Å². The Bertz CT molecular complexity index is 836. The number of halogens is 1. The molecule has 2 aromatic rings. The van der Waals surface area contributed by atoms with Crippen molar-refractivity contribution in [2.45, 2.75) is 20.4 Å². The molecule has 7 heteroatoms. The molecule has 0 unspecified atom stereocenters. The summed E-state index contributed by atoms with van der Waals surface area (Å²) in [6.45, 7) is 3.22. The number of nitrogens with one attached hydrogen (secondary N) is 1. The normalized spacial score (nSPS) is 10.6. The number of rotatable bonds is 3. The molecule has 1 heterocycles. The van der Waals surface area contributed by atoms with Gasteiger partial charge in [0.05, 0.1) is 12.1 Å². The number of carboxylic acids is 1. The highest BCUT2D eigenvalue weighted by Crippen LogP contribution is 2.18. The third-order valence-corrected chi connectivity index (χ3v) is 3.69. The number of nitrogens with zero attached hydrogens (tertiary/aromatic N) is 1. The van der Waals surface area contributed by atoms with Gasteiger partial charge in [0.15, 0.2) is 0 Å². The van der Waals surface area contributed by atoms with Crippen LogP contribution in [0.2, 0.25) is 5.02 Å². The lowest BCUT2D eigenvalue weighted by Crippen LogP contribution is -2.33. The summed E-state index contributed by atoms with van der Waals surface area (Å²) in [4.78, 5) is 34.6. The van der Waals surface area contributed by atoms with Crippen LogP contribution in [0.1, 0.15) is 27.0 Å². The molecule has 0 amide bonds. The molecule has 0 bridgehead atoms. The summed E-state index contributed by atoms with van der Waals surface area (Å²) in [6.07, 6.45) is 0. The molecule has 1 aromatic carbocycles. The smallest absolute Gasteiger partial charge is 0.335 e. The van der Waals surface area contributed by atoms with Crippen molar-refractivity contribution in [1.29, 1.82) is 0 Å². The van der Waals surface area contributed by atoms with Crippen molar-refractivity contribution < 1.29 is 9.90 Å². The van der Waals surface area contributed by atoms with Crippen molar-refractivity contribution in [3.8, 4) is 0 Å². The molecule has 1 aromatic heterocycles. The van der Waals surface area contributed by atoms with Crippen LogP contribution in [0.15, 0.2) is 27.8 Å². The van der Waals surface area contributed by atoms with Crippen LogP contribution in [0.3, 0.4) is 0 Å². The average molecular weight is 309 g/mol. The molecular formula is C14H13ClN2O4. The monoisotopic (exact) mass is 308 g/mol.